The van der Waals surface area contributed by atoms with Crippen LogP contribution >= 0.6 is 0 Å². The molecule has 1 N–H and O–H groups in total. The molecule has 2 aromatic carbocycles. The van der Waals surface area contributed by atoms with Crippen LogP contribution in [0.3, 0.4) is 0 Å². The Bertz CT molecular complexity index is 1060. The average Bonchev–Trinajstić information content (AvgIpc) is 2.75. The molecular weight excluding hydrogens is 435 g/mol. The SMILES string of the molecule is CNC(=O)[C@@H](C)N(Cc1cccc(C)c1)C(=O)CN(c1ccc(F)cc1)S(=O)(=O)N(C)C. The maximum atomic E-state index is 13.4. The lowest BCUT2D eigenvalue weighted by Gasteiger charge is -2.32. The molecule has 8 nitrogen and oxygen atoms in total. The lowest BCUT2D eigenvalue weighted by atomic mass is 10.1. The molecule has 0 aliphatic heterocycles. The van der Waals surface area contributed by atoms with Gasteiger partial charge in [-0.15, -0.1) is 0 Å². The van der Waals surface area contributed by atoms with Crippen molar-refractivity contribution < 1.29 is 22.4 Å². The van der Waals surface area contributed by atoms with E-state index < -0.39 is 34.5 Å². The molecule has 174 valence electrons. The molecule has 32 heavy (non-hydrogen) atoms. The minimum absolute atomic E-state index is 0.119. The van der Waals surface area contributed by atoms with Gasteiger partial charge in [-0.3, -0.25) is 9.59 Å². The zero-order valence-corrected chi connectivity index (χ0v) is 19.7. The maximum Gasteiger partial charge on any atom is 0.304 e. The van der Waals surface area contributed by atoms with Gasteiger partial charge in [0.25, 0.3) is 0 Å². The number of aryl methyl sites for hydroxylation is 1. The zero-order chi connectivity index (χ0) is 24.1. The van der Waals surface area contributed by atoms with Gasteiger partial charge in [0.1, 0.15) is 18.4 Å². The van der Waals surface area contributed by atoms with Crippen molar-refractivity contribution in [2.24, 2.45) is 0 Å². The van der Waals surface area contributed by atoms with Crippen LogP contribution in [0, 0.1) is 12.7 Å². The first-order chi connectivity index (χ1) is 15.0. The number of nitrogens with one attached hydrogen (secondary N) is 1. The van der Waals surface area contributed by atoms with Crippen LogP contribution in [0.25, 0.3) is 0 Å². The van der Waals surface area contributed by atoms with Gasteiger partial charge in [0, 0.05) is 27.7 Å². The molecule has 0 heterocycles. The number of carbonyl (C=O) groups excluding carboxylic acids is 2. The van der Waals surface area contributed by atoms with E-state index in [0.717, 1.165) is 31.9 Å². The fraction of sp³-hybridized carbons (Fsp3) is 0.364. The lowest BCUT2D eigenvalue weighted by Crippen LogP contribution is -2.52. The molecule has 0 saturated heterocycles. The highest BCUT2D eigenvalue weighted by Gasteiger charge is 2.32. The first-order valence-electron chi connectivity index (χ1n) is 9.99. The van der Waals surface area contributed by atoms with E-state index in [1.807, 2.05) is 31.2 Å². The highest BCUT2D eigenvalue weighted by Crippen LogP contribution is 2.21. The van der Waals surface area contributed by atoms with Crippen LogP contribution in [0.4, 0.5) is 10.1 Å². The predicted molar refractivity (Wildman–Crippen MR) is 122 cm³/mol. The number of rotatable bonds is 9. The Morgan fingerprint density at radius 2 is 1.72 bits per heavy atom. The first-order valence-corrected chi connectivity index (χ1v) is 11.4. The molecule has 2 amide bonds. The van der Waals surface area contributed by atoms with Crippen molar-refractivity contribution in [2.45, 2.75) is 26.4 Å². The number of anilines is 1. The van der Waals surface area contributed by atoms with Crippen LogP contribution in [-0.4, -0.2) is 63.2 Å². The summed E-state index contributed by atoms with van der Waals surface area (Å²) in [7, 11) is 0.0819. The summed E-state index contributed by atoms with van der Waals surface area (Å²) >= 11 is 0. The molecule has 2 rings (SSSR count). The summed E-state index contributed by atoms with van der Waals surface area (Å²) in [6, 6.07) is 11.5. The Kier molecular flexibility index (Phi) is 8.34. The number of hydrogen-bond donors (Lipinski definition) is 1. The number of amides is 2. The number of carbonyl (C=O) groups is 2. The van der Waals surface area contributed by atoms with E-state index in [4.69, 9.17) is 0 Å². The standard InChI is InChI=1S/C22H29FN4O4S/c1-16-7-6-8-18(13-16)14-26(17(2)22(29)24-3)21(28)15-27(32(30,31)25(4)5)20-11-9-19(23)10-12-20/h6-13,17H,14-15H2,1-5H3,(H,24,29)/t17-/m1/s1. The topological polar surface area (TPSA) is 90.0 Å². The van der Waals surface area contributed by atoms with Gasteiger partial charge in [-0.25, -0.2) is 8.70 Å². The smallest absolute Gasteiger partial charge is 0.304 e. The Labute approximate surface area is 188 Å². The second-order valence-corrected chi connectivity index (χ2v) is 9.64. The van der Waals surface area contributed by atoms with Crippen molar-refractivity contribution in [3.63, 3.8) is 0 Å². The van der Waals surface area contributed by atoms with Gasteiger partial charge in [0.15, 0.2) is 0 Å². The van der Waals surface area contributed by atoms with E-state index in [1.54, 1.807) is 6.92 Å². The van der Waals surface area contributed by atoms with E-state index in [9.17, 15) is 22.4 Å². The number of likely N-dealkylation sites (N-methyl/N-ethyl adjacent to an activating group) is 1. The molecular formula is C22H29FN4O4S. The molecule has 0 fully saturated rings. The van der Waals surface area contributed by atoms with Crippen LogP contribution in [-0.2, 0) is 26.3 Å². The van der Waals surface area contributed by atoms with E-state index >= 15 is 0 Å². The van der Waals surface area contributed by atoms with E-state index in [0.29, 0.717) is 0 Å². The number of nitrogens with zero attached hydrogens (tertiary/aromatic N) is 3. The molecule has 2 aromatic rings. The average molecular weight is 465 g/mol. The number of benzene rings is 2. The van der Waals surface area contributed by atoms with Crippen LogP contribution in [0.5, 0.6) is 0 Å². The summed E-state index contributed by atoms with van der Waals surface area (Å²) in [5.41, 5.74) is 1.93. The quantitative estimate of drug-likeness (QED) is 0.614. The molecule has 0 aromatic heterocycles. The minimum atomic E-state index is -4.07. The van der Waals surface area contributed by atoms with Crippen LogP contribution in [0.1, 0.15) is 18.1 Å². The monoisotopic (exact) mass is 464 g/mol. The molecule has 0 bridgehead atoms. The van der Waals surface area contributed by atoms with Gasteiger partial charge in [0.05, 0.1) is 5.69 Å². The minimum Gasteiger partial charge on any atom is -0.357 e. The summed E-state index contributed by atoms with van der Waals surface area (Å²) in [6.07, 6.45) is 0. The normalized spacial score (nSPS) is 12.3. The highest BCUT2D eigenvalue weighted by molar-refractivity contribution is 7.90. The van der Waals surface area contributed by atoms with Crippen LogP contribution < -0.4 is 9.62 Å². The van der Waals surface area contributed by atoms with E-state index in [1.165, 1.54) is 38.2 Å². The van der Waals surface area contributed by atoms with Crippen molar-refractivity contribution in [3.8, 4) is 0 Å². The van der Waals surface area contributed by atoms with Gasteiger partial charge in [0.2, 0.25) is 11.8 Å². The van der Waals surface area contributed by atoms with E-state index in [-0.39, 0.29) is 18.1 Å². The Morgan fingerprint density at radius 1 is 1.09 bits per heavy atom. The van der Waals surface area contributed by atoms with Crippen molar-refractivity contribution in [1.82, 2.24) is 14.5 Å². The third-order valence-corrected chi connectivity index (χ3v) is 6.80. The second kappa shape index (κ2) is 10.6. The zero-order valence-electron chi connectivity index (χ0n) is 18.9. The Balaban J connectivity index is 2.44. The Morgan fingerprint density at radius 3 is 2.25 bits per heavy atom. The molecule has 1 atom stereocenters. The summed E-state index contributed by atoms with van der Waals surface area (Å²) in [6.45, 7) is 3.06. The molecule has 0 spiro atoms. The summed E-state index contributed by atoms with van der Waals surface area (Å²) < 4.78 is 41.2. The molecule has 0 aliphatic carbocycles. The van der Waals surface area contributed by atoms with Gasteiger partial charge in [-0.2, -0.15) is 12.7 Å². The second-order valence-electron chi connectivity index (χ2n) is 7.57. The molecule has 0 saturated carbocycles. The molecule has 10 heteroatoms. The Hall–Kier alpha value is -2.98. The maximum absolute atomic E-state index is 13.4. The van der Waals surface area contributed by atoms with Crippen molar-refractivity contribution in [3.05, 3.63) is 65.5 Å². The lowest BCUT2D eigenvalue weighted by molar-refractivity contribution is -0.139. The molecule has 0 unspecified atom stereocenters. The largest absolute Gasteiger partial charge is 0.357 e. The van der Waals surface area contributed by atoms with E-state index in [2.05, 4.69) is 5.32 Å². The highest BCUT2D eigenvalue weighted by atomic mass is 32.2. The summed E-state index contributed by atoms with van der Waals surface area (Å²) in [5.74, 6) is -1.48. The van der Waals surface area contributed by atoms with Crippen molar-refractivity contribution in [2.75, 3.05) is 32.0 Å². The number of hydrogen-bond acceptors (Lipinski definition) is 4. The molecule has 0 aliphatic rings. The van der Waals surface area contributed by atoms with Crippen LogP contribution in [0.15, 0.2) is 48.5 Å². The third-order valence-electron chi connectivity index (χ3n) is 4.98. The molecule has 0 radical (unpaired) electrons. The van der Waals surface area contributed by atoms with Crippen molar-refractivity contribution >= 4 is 27.7 Å². The number of halogens is 1. The van der Waals surface area contributed by atoms with Gasteiger partial charge in [-0.1, -0.05) is 29.8 Å². The fourth-order valence-electron chi connectivity index (χ4n) is 3.12. The summed E-state index contributed by atoms with van der Waals surface area (Å²) in [4.78, 5) is 27.0. The summed E-state index contributed by atoms with van der Waals surface area (Å²) in [5, 5.41) is 2.52. The van der Waals surface area contributed by atoms with Crippen molar-refractivity contribution in [1.29, 1.82) is 0 Å². The fourth-order valence-corrected chi connectivity index (χ4v) is 4.18. The predicted octanol–water partition coefficient (Wildman–Crippen LogP) is 1.91. The van der Waals surface area contributed by atoms with Gasteiger partial charge < -0.3 is 10.2 Å². The third kappa shape index (κ3) is 6.04. The van der Waals surface area contributed by atoms with Gasteiger partial charge in [-0.05, 0) is 43.7 Å². The van der Waals surface area contributed by atoms with Gasteiger partial charge >= 0.3 is 10.2 Å². The van der Waals surface area contributed by atoms with Crippen LogP contribution in [0.2, 0.25) is 0 Å². The first kappa shape index (κ1) is 25.3.